The molecule has 3 rings (SSSR count). The van der Waals surface area contributed by atoms with Crippen molar-refractivity contribution in [2.75, 3.05) is 44.0 Å². The van der Waals surface area contributed by atoms with Crippen LogP contribution in [-0.2, 0) is 16.0 Å². The molecule has 2 saturated heterocycles. The zero-order chi connectivity index (χ0) is 18.7. The number of hydrogen-bond acceptors (Lipinski definition) is 5. The number of benzene rings is 1. The van der Waals surface area contributed by atoms with Crippen molar-refractivity contribution < 1.29 is 23.1 Å². The SMILES string of the molecule is Cc1cc(C(=O)N2CCN(C(=O)OC3CNC3)CC2)ccc1NS(=O)O. The third kappa shape index (κ3) is 4.32. The fourth-order valence-electron chi connectivity index (χ4n) is 2.84. The Labute approximate surface area is 154 Å². The lowest BCUT2D eigenvalue weighted by Crippen LogP contribution is -2.54. The van der Waals surface area contributed by atoms with Gasteiger partial charge in [0.15, 0.2) is 0 Å². The Bertz CT molecular complexity index is 717. The van der Waals surface area contributed by atoms with Crippen LogP contribution < -0.4 is 10.0 Å². The first-order valence-electron chi connectivity index (χ1n) is 8.38. The van der Waals surface area contributed by atoms with E-state index in [1.54, 1.807) is 34.9 Å². The Kier molecular flexibility index (Phi) is 5.74. The zero-order valence-electron chi connectivity index (χ0n) is 14.4. The van der Waals surface area contributed by atoms with Crippen molar-refractivity contribution in [2.24, 2.45) is 0 Å². The number of nitrogens with one attached hydrogen (secondary N) is 2. The molecule has 2 aliphatic heterocycles. The minimum Gasteiger partial charge on any atom is -0.443 e. The summed E-state index contributed by atoms with van der Waals surface area (Å²) in [7, 11) is 0. The molecule has 0 bridgehead atoms. The van der Waals surface area contributed by atoms with E-state index in [9.17, 15) is 13.8 Å². The van der Waals surface area contributed by atoms with Gasteiger partial charge in [-0.2, -0.15) is 0 Å². The quantitative estimate of drug-likeness (QED) is 0.651. The van der Waals surface area contributed by atoms with Gasteiger partial charge >= 0.3 is 6.09 Å². The molecule has 2 fully saturated rings. The second-order valence-electron chi connectivity index (χ2n) is 6.32. The highest BCUT2D eigenvalue weighted by molar-refractivity contribution is 7.80. The fraction of sp³-hybridized carbons (Fsp3) is 0.500. The maximum Gasteiger partial charge on any atom is 0.410 e. The Balaban J connectivity index is 1.55. The van der Waals surface area contributed by atoms with Crippen molar-refractivity contribution in [1.82, 2.24) is 15.1 Å². The van der Waals surface area contributed by atoms with Gasteiger partial charge < -0.3 is 19.9 Å². The lowest BCUT2D eigenvalue weighted by Gasteiger charge is -2.36. The summed E-state index contributed by atoms with van der Waals surface area (Å²) in [6, 6.07) is 4.91. The van der Waals surface area contributed by atoms with Crippen molar-refractivity contribution in [3.05, 3.63) is 29.3 Å². The number of ether oxygens (including phenoxy) is 1. The molecular weight excluding hydrogens is 360 g/mol. The van der Waals surface area contributed by atoms with Crippen molar-refractivity contribution in [3.8, 4) is 0 Å². The monoisotopic (exact) mass is 382 g/mol. The highest BCUT2D eigenvalue weighted by atomic mass is 32.2. The molecule has 0 aliphatic carbocycles. The summed E-state index contributed by atoms with van der Waals surface area (Å²) in [4.78, 5) is 28.0. The van der Waals surface area contributed by atoms with Gasteiger partial charge in [0, 0.05) is 44.8 Å². The van der Waals surface area contributed by atoms with E-state index in [0.717, 1.165) is 0 Å². The van der Waals surface area contributed by atoms with Crippen LogP contribution in [0.25, 0.3) is 0 Å². The van der Waals surface area contributed by atoms with Crippen LogP contribution in [0.5, 0.6) is 0 Å². The van der Waals surface area contributed by atoms with Crippen LogP contribution in [0.1, 0.15) is 15.9 Å². The van der Waals surface area contributed by atoms with Gasteiger partial charge in [-0.05, 0) is 30.7 Å². The smallest absolute Gasteiger partial charge is 0.410 e. The maximum atomic E-state index is 12.6. The minimum absolute atomic E-state index is 0.0505. The number of amides is 2. The summed E-state index contributed by atoms with van der Waals surface area (Å²) >= 11 is -2.16. The molecule has 3 N–H and O–H groups in total. The molecule has 0 aromatic heterocycles. The van der Waals surface area contributed by atoms with Gasteiger partial charge in [-0.15, -0.1) is 0 Å². The van der Waals surface area contributed by atoms with Gasteiger partial charge in [0.1, 0.15) is 6.10 Å². The summed E-state index contributed by atoms with van der Waals surface area (Å²) < 4.78 is 27.5. The second-order valence-corrected chi connectivity index (χ2v) is 7.03. The van der Waals surface area contributed by atoms with E-state index in [2.05, 4.69) is 10.0 Å². The predicted molar refractivity (Wildman–Crippen MR) is 96.2 cm³/mol. The molecule has 2 aliphatic rings. The standard InChI is InChI=1S/C16H22N4O5S/c1-11-8-12(2-3-14(11)18-26(23)24)15(21)19-4-6-20(7-5-19)16(22)25-13-9-17-10-13/h2-3,8,13,17-18H,4-7,9-10H2,1H3,(H,23,24). The first kappa shape index (κ1) is 18.6. The van der Waals surface area contributed by atoms with E-state index in [1.165, 1.54) is 0 Å². The zero-order valence-corrected chi connectivity index (χ0v) is 15.3. The highest BCUT2D eigenvalue weighted by Gasteiger charge is 2.29. The average molecular weight is 382 g/mol. The summed E-state index contributed by atoms with van der Waals surface area (Å²) in [6.07, 6.45) is -0.377. The number of carbonyl (C=O) groups excluding carboxylic acids is 2. The fourth-order valence-corrected chi connectivity index (χ4v) is 3.26. The van der Waals surface area contributed by atoms with E-state index in [-0.39, 0.29) is 18.1 Å². The number of rotatable bonds is 4. The van der Waals surface area contributed by atoms with Crippen LogP contribution in [0.3, 0.4) is 0 Å². The molecule has 2 heterocycles. The first-order chi connectivity index (χ1) is 12.4. The lowest BCUT2D eigenvalue weighted by atomic mass is 10.1. The van der Waals surface area contributed by atoms with Gasteiger partial charge in [0.05, 0.1) is 5.69 Å². The molecule has 9 nitrogen and oxygen atoms in total. The number of anilines is 1. The Morgan fingerprint density at radius 1 is 1.23 bits per heavy atom. The third-order valence-electron chi connectivity index (χ3n) is 4.51. The van der Waals surface area contributed by atoms with Crippen LogP contribution >= 0.6 is 0 Å². The van der Waals surface area contributed by atoms with E-state index < -0.39 is 11.3 Å². The second kappa shape index (κ2) is 8.02. The van der Waals surface area contributed by atoms with Crippen molar-refractivity contribution >= 4 is 29.0 Å². The van der Waals surface area contributed by atoms with Crippen molar-refractivity contribution in [3.63, 3.8) is 0 Å². The van der Waals surface area contributed by atoms with Crippen LogP contribution in [0.15, 0.2) is 18.2 Å². The molecule has 0 spiro atoms. The van der Waals surface area contributed by atoms with Gasteiger partial charge in [-0.25, -0.2) is 9.00 Å². The molecule has 0 saturated carbocycles. The maximum absolute atomic E-state index is 12.6. The van der Waals surface area contributed by atoms with E-state index in [1.807, 2.05) is 0 Å². The number of aryl methyl sites for hydroxylation is 1. The molecule has 10 heteroatoms. The Morgan fingerprint density at radius 2 is 1.88 bits per heavy atom. The summed E-state index contributed by atoms with van der Waals surface area (Å²) in [6.45, 7) is 4.90. The van der Waals surface area contributed by atoms with Gasteiger partial charge in [-0.3, -0.25) is 14.1 Å². The molecule has 1 aromatic rings. The van der Waals surface area contributed by atoms with E-state index in [4.69, 9.17) is 9.29 Å². The average Bonchev–Trinajstić information content (AvgIpc) is 2.59. The molecular formula is C16H22N4O5S. The summed E-state index contributed by atoms with van der Waals surface area (Å²) in [5.41, 5.74) is 1.71. The highest BCUT2D eigenvalue weighted by Crippen LogP contribution is 2.19. The number of carbonyl (C=O) groups is 2. The molecule has 26 heavy (non-hydrogen) atoms. The van der Waals surface area contributed by atoms with Crippen LogP contribution in [0.2, 0.25) is 0 Å². The largest absolute Gasteiger partial charge is 0.443 e. The first-order valence-corrected chi connectivity index (χ1v) is 9.48. The van der Waals surface area contributed by atoms with Gasteiger partial charge in [0.25, 0.3) is 17.2 Å². The van der Waals surface area contributed by atoms with Gasteiger partial charge in [0.2, 0.25) is 0 Å². The van der Waals surface area contributed by atoms with Gasteiger partial charge in [-0.1, -0.05) is 0 Å². The molecule has 0 radical (unpaired) electrons. The van der Waals surface area contributed by atoms with Crippen LogP contribution in [0, 0.1) is 6.92 Å². The molecule has 1 aromatic carbocycles. The summed E-state index contributed by atoms with van der Waals surface area (Å²) in [5.74, 6) is -0.124. The van der Waals surface area contributed by atoms with E-state index >= 15 is 0 Å². The number of nitrogens with zero attached hydrogens (tertiary/aromatic N) is 2. The predicted octanol–water partition coefficient (Wildman–Crippen LogP) is 0.410. The normalized spacial score (nSPS) is 18.8. The minimum atomic E-state index is -2.16. The molecule has 142 valence electrons. The number of hydrogen-bond donors (Lipinski definition) is 3. The summed E-state index contributed by atoms with van der Waals surface area (Å²) in [5, 5.41) is 3.04. The molecule has 1 atom stereocenters. The van der Waals surface area contributed by atoms with E-state index in [0.29, 0.717) is 56.1 Å². The molecule has 1 unspecified atom stereocenters. The number of piperazine rings is 1. The Hall–Kier alpha value is -2.17. The Morgan fingerprint density at radius 3 is 2.42 bits per heavy atom. The van der Waals surface area contributed by atoms with Crippen molar-refractivity contribution in [1.29, 1.82) is 0 Å². The van der Waals surface area contributed by atoms with Crippen molar-refractivity contribution in [2.45, 2.75) is 13.0 Å². The topological polar surface area (TPSA) is 111 Å². The van der Waals surface area contributed by atoms with Crippen LogP contribution in [0.4, 0.5) is 10.5 Å². The molecule has 2 amide bonds. The third-order valence-corrected chi connectivity index (χ3v) is 4.90. The lowest BCUT2D eigenvalue weighted by molar-refractivity contribution is 0.0258. The van der Waals surface area contributed by atoms with Crippen LogP contribution in [-0.4, -0.2) is 75.9 Å².